The summed E-state index contributed by atoms with van der Waals surface area (Å²) in [7, 11) is -3.85. The van der Waals surface area contributed by atoms with Crippen molar-refractivity contribution < 1.29 is 13.2 Å². The summed E-state index contributed by atoms with van der Waals surface area (Å²) in [5, 5.41) is 0. The normalized spacial score (nSPS) is 10.8. The SMILES string of the molecule is NCC(=O)NS(=O)(=O)c1ccc(N=S)cc1. The van der Waals surface area contributed by atoms with Crippen molar-refractivity contribution in [2.45, 2.75) is 4.90 Å². The molecule has 0 bridgehead atoms. The van der Waals surface area contributed by atoms with Gasteiger partial charge in [0.25, 0.3) is 10.0 Å². The summed E-state index contributed by atoms with van der Waals surface area (Å²) in [6, 6.07) is 5.48. The minimum atomic E-state index is -3.85. The topological polar surface area (TPSA) is 102 Å². The van der Waals surface area contributed by atoms with Gasteiger partial charge in [-0.3, -0.25) is 4.79 Å². The molecule has 0 heterocycles. The van der Waals surface area contributed by atoms with Crippen molar-refractivity contribution >= 4 is 34.0 Å². The molecule has 0 aromatic heterocycles. The number of nitrogens with two attached hydrogens (primary N) is 1. The van der Waals surface area contributed by atoms with Crippen LogP contribution in [-0.4, -0.2) is 20.9 Å². The van der Waals surface area contributed by atoms with Crippen LogP contribution in [0.3, 0.4) is 0 Å². The average Bonchev–Trinajstić information content (AvgIpc) is 2.28. The van der Waals surface area contributed by atoms with Crippen LogP contribution in [0, 0.1) is 0 Å². The number of rotatable bonds is 4. The van der Waals surface area contributed by atoms with Gasteiger partial charge in [-0.1, -0.05) is 0 Å². The number of nitrogens with one attached hydrogen (secondary N) is 1. The second-order valence-electron chi connectivity index (χ2n) is 2.82. The third-order valence-corrected chi connectivity index (χ3v) is 3.29. The largest absolute Gasteiger partial charge is 0.322 e. The van der Waals surface area contributed by atoms with Crippen molar-refractivity contribution in [2.24, 2.45) is 10.1 Å². The van der Waals surface area contributed by atoms with E-state index < -0.39 is 22.5 Å². The van der Waals surface area contributed by atoms with Crippen LogP contribution in [0.25, 0.3) is 0 Å². The summed E-state index contributed by atoms with van der Waals surface area (Å²) >= 11 is 4.43. The van der Waals surface area contributed by atoms with Crippen LogP contribution in [-0.2, 0) is 27.2 Å². The van der Waals surface area contributed by atoms with Crippen molar-refractivity contribution in [3.05, 3.63) is 24.3 Å². The predicted octanol–water partition coefficient (Wildman–Crippen LogP) is -0.188. The number of amides is 1. The lowest BCUT2D eigenvalue weighted by atomic mass is 10.3. The standard InChI is InChI=1S/C8H9N3O3S2/c9-5-8(12)11-16(13,14)7-3-1-6(10-15)2-4-7/h1-4H,5,9H2,(H,11,12). The van der Waals surface area contributed by atoms with Crippen molar-refractivity contribution in [3.8, 4) is 0 Å². The van der Waals surface area contributed by atoms with E-state index in [1.165, 1.54) is 24.3 Å². The lowest BCUT2D eigenvalue weighted by Crippen LogP contribution is -2.35. The van der Waals surface area contributed by atoms with Gasteiger partial charge < -0.3 is 5.73 Å². The van der Waals surface area contributed by atoms with Crippen LogP contribution in [0.4, 0.5) is 5.69 Å². The third-order valence-electron chi connectivity index (χ3n) is 1.69. The molecule has 0 saturated carbocycles. The van der Waals surface area contributed by atoms with E-state index in [-0.39, 0.29) is 4.90 Å². The van der Waals surface area contributed by atoms with Gasteiger partial charge in [0, 0.05) is 12.4 Å². The molecule has 1 aromatic carbocycles. The van der Waals surface area contributed by atoms with Crippen LogP contribution >= 0.6 is 0 Å². The zero-order valence-corrected chi connectivity index (χ0v) is 9.72. The van der Waals surface area contributed by atoms with E-state index in [1.807, 2.05) is 4.72 Å². The smallest absolute Gasteiger partial charge is 0.264 e. The molecule has 1 aromatic rings. The lowest BCUT2D eigenvalue weighted by molar-refractivity contribution is -0.118. The van der Waals surface area contributed by atoms with E-state index in [1.54, 1.807) is 0 Å². The van der Waals surface area contributed by atoms with Crippen LogP contribution < -0.4 is 10.5 Å². The van der Waals surface area contributed by atoms with Crippen molar-refractivity contribution in [2.75, 3.05) is 6.54 Å². The first-order valence-electron chi connectivity index (χ1n) is 4.19. The van der Waals surface area contributed by atoms with Gasteiger partial charge in [-0.25, -0.2) is 13.1 Å². The molecule has 0 aliphatic rings. The highest BCUT2D eigenvalue weighted by Gasteiger charge is 2.16. The molecule has 0 unspecified atom stereocenters. The molecule has 0 atom stereocenters. The molecule has 1 rings (SSSR count). The van der Waals surface area contributed by atoms with Crippen LogP contribution in [0.5, 0.6) is 0 Å². The molecular weight excluding hydrogens is 250 g/mol. The highest BCUT2D eigenvalue weighted by molar-refractivity contribution is 7.90. The molecule has 0 radical (unpaired) electrons. The monoisotopic (exact) mass is 259 g/mol. The Bertz CT molecular complexity index is 496. The molecule has 0 spiro atoms. The molecule has 6 nitrogen and oxygen atoms in total. The Hall–Kier alpha value is -1.38. The van der Waals surface area contributed by atoms with E-state index in [2.05, 4.69) is 16.8 Å². The maximum atomic E-state index is 11.6. The maximum absolute atomic E-state index is 11.6. The number of nitrogens with zero attached hydrogens (tertiary/aromatic N) is 1. The van der Waals surface area contributed by atoms with Gasteiger partial charge in [0.2, 0.25) is 5.91 Å². The van der Waals surface area contributed by atoms with Gasteiger partial charge in [0.1, 0.15) is 0 Å². The number of sulfonamides is 1. The molecule has 0 aliphatic heterocycles. The molecule has 0 fully saturated rings. The van der Waals surface area contributed by atoms with Crippen LogP contribution in [0.2, 0.25) is 0 Å². The molecule has 16 heavy (non-hydrogen) atoms. The second kappa shape index (κ2) is 5.10. The Kier molecular flexibility index (Phi) is 4.05. The van der Waals surface area contributed by atoms with Gasteiger partial charge in [-0.15, -0.1) is 0 Å². The van der Waals surface area contributed by atoms with Gasteiger partial charge in [0.05, 0.1) is 17.1 Å². The summed E-state index contributed by atoms with van der Waals surface area (Å²) in [6.07, 6.45) is 0. The lowest BCUT2D eigenvalue weighted by Gasteiger charge is -2.05. The fourth-order valence-corrected chi connectivity index (χ4v) is 2.05. The number of carbonyl (C=O) groups excluding carboxylic acids is 1. The van der Waals surface area contributed by atoms with Gasteiger partial charge in [-0.05, 0) is 24.3 Å². The number of hydrogen-bond acceptors (Lipinski definition) is 6. The third kappa shape index (κ3) is 3.05. The fourth-order valence-electron chi connectivity index (χ4n) is 0.937. The first-order valence-corrected chi connectivity index (χ1v) is 6.03. The summed E-state index contributed by atoms with van der Waals surface area (Å²) in [4.78, 5) is 10.8. The number of benzene rings is 1. The summed E-state index contributed by atoms with van der Waals surface area (Å²) in [5.74, 6) is -0.767. The first kappa shape index (κ1) is 12.7. The summed E-state index contributed by atoms with van der Waals surface area (Å²) in [5.41, 5.74) is 5.47. The Labute approximate surface area is 98.1 Å². The van der Waals surface area contributed by atoms with E-state index in [4.69, 9.17) is 5.73 Å². The van der Waals surface area contributed by atoms with E-state index in [0.29, 0.717) is 5.69 Å². The Morgan fingerprint density at radius 2 is 1.94 bits per heavy atom. The van der Waals surface area contributed by atoms with Gasteiger partial charge >= 0.3 is 0 Å². The molecule has 0 aliphatic carbocycles. The fraction of sp³-hybridized carbons (Fsp3) is 0.125. The molecule has 86 valence electrons. The number of hydrogen-bond donors (Lipinski definition) is 2. The quantitative estimate of drug-likeness (QED) is 0.780. The van der Waals surface area contributed by atoms with Crippen LogP contribution in [0.15, 0.2) is 33.5 Å². The van der Waals surface area contributed by atoms with E-state index in [0.717, 1.165) is 0 Å². The highest BCUT2D eigenvalue weighted by atomic mass is 32.2. The van der Waals surface area contributed by atoms with Gasteiger partial charge in [0.15, 0.2) is 0 Å². The highest BCUT2D eigenvalue weighted by Crippen LogP contribution is 2.15. The minimum absolute atomic E-state index is 0.0447. The summed E-state index contributed by atoms with van der Waals surface area (Å²) in [6.45, 7) is -0.390. The second-order valence-corrected chi connectivity index (χ2v) is 4.68. The minimum Gasteiger partial charge on any atom is -0.322 e. The molecule has 1 amide bonds. The van der Waals surface area contributed by atoms with Crippen LogP contribution in [0.1, 0.15) is 0 Å². The van der Waals surface area contributed by atoms with Crippen molar-refractivity contribution in [3.63, 3.8) is 0 Å². The Morgan fingerprint density at radius 3 is 2.38 bits per heavy atom. The van der Waals surface area contributed by atoms with E-state index >= 15 is 0 Å². The van der Waals surface area contributed by atoms with Crippen molar-refractivity contribution in [1.82, 2.24) is 4.72 Å². The van der Waals surface area contributed by atoms with Gasteiger partial charge in [-0.2, -0.15) is 4.36 Å². The first-order chi connectivity index (χ1) is 7.49. The maximum Gasteiger partial charge on any atom is 0.264 e. The zero-order chi connectivity index (χ0) is 12.2. The molecule has 0 saturated heterocycles. The molecular formula is C8H9N3O3S2. The van der Waals surface area contributed by atoms with Crippen molar-refractivity contribution in [1.29, 1.82) is 0 Å². The number of carbonyl (C=O) groups is 1. The summed E-state index contributed by atoms with van der Waals surface area (Å²) < 4.78 is 28.4. The average molecular weight is 259 g/mol. The zero-order valence-electron chi connectivity index (χ0n) is 8.08. The Balaban J connectivity index is 2.98. The van der Waals surface area contributed by atoms with E-state index in [9.17, 15) is 13.2 Å². The molecule has 8 heteroatoms. The predicted molar refractivity (Wildman–Crippen MR) is 60.3 cm³/mol. The molecule has 3 N–H and O–H groups in total. The Morgan fingerprint density at radius 1 is 1.38 bits per heavy atom.